The van der Waals surface area contributed by atoms with E-state index in [1.807, 2.05) is 54.6 Å². The molecule has 4 aromatic rings. The van der Waals surface area contributed by atoms with Gasteiger partial charge in [-0.05, 0) is 24.3 Å². The summed E-state index contributed by atoms with van der Waals surface area (Å²) in [6.07, 6.45) is 0. The Morgan fingerprint density at radius 2 is 1.54 bits per heavy atom. The summed E-state index contributed by atoms with van der Waals surface area (Å²) in [7, 11) is 4.82. The van der Waals surface area contributed by atoms with Crippen LogP contribution < -0.4 is 14.2 Å². The molecule has 0 amide bonds. The second kappa shape index (κ2) is 7.56. The summed E-state index contributed by atoms with van der Waals surface area (Å²) in [5.74, 6) is 2.57. The van der Waals surface area contributed by atoms with Gasteiger partial charge in [0.2, 0.25) is 5.75 Å². The van der Waals surface area contributed by atoms with E-state index >= 15 is 0 Å². The molecule has 0 aliphatic carbocycles. The summed E-state index contributed by atoms with van der Waals surface area (Å²) in [4.78, 5) is 4.88. The molecule has 0 atom stereocenters. The van der Waals surface area contributed by atoms with Crippen LogP contribution in [0.3, 0.4) is 0 Å². The summed E-state index contributed by atoms with van der Waals surface area (Å²) in [6, 6.07) is 20.0. The summed E-state index contributed by atoms with van der Waals surface area (Å²) in [5, 5.41) is 0. The van der Waals surface area contributed by atoms with Gasteiger partial charge in [-0.3, -0.25) is 4.57 Å². The number of hydrogen-bond acceptors (Lipinski definition) is 4. The van der Waals surface area contributed by atoms with Gasteiger partial charge < -0.3 is 14.2 Å². The molecule has 0 saturated heterocycles. The van der Waals surface area contributed by atoms with Gasteiger partial charge in [0.1, 0.15) is 5.82 Å². The average Bonchev–Trinajstić information content (AvgIpc) is 3.12. The fourth-order valence-electron chi connectivity index (χ4n) is 3.30. The predicted molar refractivity (Wildman–Crippen MR) is 114 cm³/mol. The van der Waals surface area contributed by atoms with E-state index in [0.29, 0.717) is 17.2 Å². The van der Waals surface area contributed by atoms with Crippen molar-refractivity contribution in [2.45, 2.75) is 0 Å². The van der Waals surface area contributed by atoms with Crippen LogP contribution in [0.4, 0.5) is 0 Å². The predicted octanol–water partition coefficient (Wildman–Crippen LogP) is 5.48. The molecule has 6 heteroatoms. The first-order chi connectivity index (χ1) is 13.7. The molecule has 0 fully saturated rings. The molecule has 5 nitrogen and oxygen atoms in total. The van der Waals surface area contributed by atoms with Crippen LogP contribution in [0.15, 0.2) is 65.1 Å². The Balaban J connectivity index is 2.05. The van der Waals surface area contributed by atoms with E-state index in [2.05, 4.69) is 26.6 Å². The number of nitrogens with zero attached hydrogens (tertiary/aromatic N) is 2. The third kappa shape index (κ3) is 3.10. The monoisotopic (exact) mass is 438 g/mol. The lowest BCUT2D eigenvalue weighted by Crippen LogP contribution is -2.01. The van der Waals surface area contributed by atoms with E-state index < -0.39 is 0 Å². The minimum absolute atomic E-state index is 0.558. The third-order valence-corrected chi connectivity index (χ3v) is 5.04. The van der Waals surface area contributed by atoms with Crippen LogP contribution >= 0.6 is 15.9 Å². The van der Waals surface area contributed by atoms with Crippen molar-refractivity contribution in [3.05, 3.63) is 65.1 Å². The number of fused-ring (bicyclic) bond motifs is 1. The molecule has 0 N–H and O–H groups in total. The second-order valence-electron chi connectivity index (χ2n) is 6.15. The van der Waals surface area contributed by atoms with Crippen LogP contribution in [0, 0.1) is 0 Å². The van der Waals surface area contributed by atoms with Crippen LogP contribution in [0.5, 0.6) is 17.2 Å². The number of hydrogen-bond donors (Lipinski definition) is 0. The molecule has 3 aromatic carbocycles. The highest BCUT2D eigenvalue weighted by atomic mass is 79.9. The number of benzene rings is 3. The Bertz CT molecular complexity index is 1130. The highest BCUT2D eigenvalue weighted by Crippen LogP contribution is 2.41. The quantitative estimate of drug-likeness (QED) is 0.413. The molecule has 0 aliphatic heterocycles. The first-order valence-electron chi connectivity index (χ1n) is 8.70. The van der Waals surface area contributed by atoms with E-state index in [4.69, 9.17) is 19.2 Å². The normalized spacial score (nSPS) is 10.9. The molecule has 0 unspecified atom stereocenters. The lowest BCUT2D eigenvalue weighted by molar-refractivity contribution is 0.324. The van der Waals surface area contributed by atoms with E-state index in [0.717, 1.165) is 32.6 Å². The zero-order valence-electron chi connectivity index (χ0n) is 15.8. The molecule has 0 spiro atoms. The SMILES string of the molecule is COc1cc(-n2c(-c3cccc(Br)c3)nc3ccccc32)cc(OC)c1OC. The molecular formula is C22H19BrN2O3. The van der Waals surface area contributed by atoms with Gasteiger partial charge >= 0.3 is 0 Å². The topological polar surface area (TPSA) is 45.5 Å². The van der Waals surface area contributed by atoms with Crippen molar-refractivity contribution in [2.75, 3.05) is 21.3 Å². The Hall–Kier alpha value is -2.99. The van der Waals surface area contributed by atoms with Gasteiger partial charge in [0.05, 0.1) is 38.1 Å². The van der Waals surface area contributed by atoms with E-state index in [9.17, 15) is 0 Å². The van der Waals surface area contributed by atoms with Gasteiger partial charge in [-0.25, -0.2) is 4.98 Å². The maximum Gasteiger partial charge on any atom is 0.203 e. The first kappa shape index (κ1) is 18.4. The summed E-state index contributed by atoms with van der Waals surface area (Å²) < 4.78 is 19.7. The van der Waals surface area contributed by atoms with Crippen LogP contribution in [0.1, 0.15) is 0 Å². The maximum atomic E-state index is 5.55. The number of aromatic nitrogens is 2. The first-order valence-corrected chi connectivity index (χ1v) is 9.49. The molecular weight excluding hydrogens is 420 g/mol. The van der Waals surface area contributed by atoms with Crippen LogP contribution in [-0.2, 0) is 0 Å². The van der Waals surface area contributed by atoms with E-state index in [1.165, 1.54) is 0 Å². The minimum atomic E-state index is 0.558. The van der Waals surface area contributed by atoms with Gasteiger partial charge in [0.15, 0.2) is 11.5 Å². The van der Waals surface area contributed by atoms with Crippen LogP contribution in [-0.4, -0.2) is 30.9 Å². The van der Waals surface area contributed by atoms with Crippen molar-refractivity contribution in [2.24, 2.45) is 0 Å². The zero-order valence-corrected chi connectivity index (χ0v) is 17.4. The van der Waals surface area contributed by atoms with Gasteiger partial charge in [0.25, 0.3) is 0 Å². The number of imidazole rings is 1. The molecule has 0 aliphatic rings. The second-order valence-corrected chi connectivity index (χ2v) is 7.07. The fraction of sp³-hybridized carbons (Fsp3) is 0.136. The molecule has 0 bridgehead atoms. The van der Waals surface area contributed by atoms with Gasteiger partial charge in [-0.1, -0.05) is 40.2 Å². The highest BCUT2D eigenvalue weighted by Gasteiger charge is 2.19. The lowest BCUT2D eigenvalue weighted by atomic mass is 10.2. The van der Waals surface area contributed by atoms with Gasteiger partial charge in [-0.15, -0.1) is 0 Å². The molecule has 4 rings (SSSR count). The van der Waals surface area contributed by atoms with Crippen molar-refractivity contribution in [3.63, 3.8) is 0 Å². The zero-order chi connectivity index (χ0) is 19.7. The molecule has 142 valence electrons. The molecule has 0 radical (unpaired) electrons. The number of halogens is 1. The fourth-order valence-corrected chi connectivity index (χ4v) is 3.70. The standard InChI is InChI=1S/C22H19BrN2O3/c1-26-19-12-16(13-20(27-2)21(19)28-3)25-18-10-5-4-9-17(18)24-22(25)14-7-6-8-15(23)11-14/h4-13H,1-3H3. The largest absolute Gasteiger partial charge is 0.493 e. The Labute approximate surface area is 171 Å². The molecule has 1 aromatic heterocycles. The lowest BCUT2D eigenvalue weighted by Gasteiger charge is -2.16. The Morgan fingerprint density at radius 1 is 0.821 bits per heavy atom. The summed E-state index contributed by atoms with van der Waals surface area (Å²) in [5.41, 5.74) is 3.77. The maximum absolute atomic E-state index is 5.55. The van der Waals surface area contributed by atoms with Crippen molar-refractivity contribution < 1.29 is 14.2 Å². The number of para-hydroxylation sites is 2. The summed E-state index contributed by atoms with van der Waals surface area (Å²) >= 11 is 3.56. The number of ether oxygens (including phenoxy) is 3. The third-order valence-electron chi connectivity index (χ3n) is 4.55. The van der Waals surface area contributed by atoms with Crippen LogP contribution in [0.25, 0.3) is 28.1 Å². The smallest absolute Gasteiger partial charge is 0.203 e. The average molecular weight is 439 g/mol. The van der Waals surface area contributed by atoms with E-state index in [-0.39, 0.29) is 0 Å². The highest BCUT2D eigenvalue weighted by molar-refractivity contribution is 9.10. The number of methoxy groups -OCH3 is 3. The Morgan fingerprint density at radius 3 is 2.18 bits per heavy atom. The minimum Gasteiger partial charge on any atom is -0.493 e. The molecule has 0 saturated carbocycles. The van der Waals surface area contributed by atoms with Gasteiger partial charge in [-0.2, -0.15) is 0 Å². The van der Waals surface area contributed by atoms with Crippen LogP contribution in [0.2, 0.25) is 0 Å². The van der Waals surface area contributed by atoms with Gasteiger partial charge in [0, 0.05) is 22.2 Å². The summed E-state index contributed by atoms with van der Waals surface area (Å²) in [6.45, 7) is 0. The Kier molecular flexibility index (Phi) is 4.96. The molecule has 28 heavy (non-hydrogen) atoms. The van der Waals surface area contributed by atoms with Crippen molar-refractivity contribution in [1.29, 1.82) is 0 Å². The van der Waals surface area contributed by atoms with Crippen molar-refractivity contribution >= 4 is 27.0 Å². The van der Waals surface area contributed by atoms with E-state index in [1.54, 1.807) is 21.3 Å². The molecule has 1 heterocycles. The van der Waals surface area contributed by atoms with Crippen molar-refractivity contribution in [3.8, 4) is 34.3 Å². The number of rotatable bonds is 5. The van der Waals surface area contributed by atoms with Crippen molar-refractivity contribution in [1.82, 2.24) is 9.55 Å².